The van der Waals surface area contributed by atoms with Gasteiger partial charge in [-0.25, -0.2) is 0 Å². The zero-order chi connectivity index (χ0) is 16.6. The minimum Gasteiger partial charge on any atom is -0.481 e. The molecule has 2 N–H and O–H groups in total. The van der Waals surface area contributed by atoms with E-state index in [1.54, 1.807) is 6.07 Å². The molecule has 0 bridgehead atoms. The highest BCUT2D eigenvalue weighted by Crippen LogP contribution is 2.25. The smallest absolute Gasteiger partial charge is 0.303 e. The largest absolute Gasteiger partial charge is 0.481 e. The maximum atomic E-state index is 12.3. The van der Waals surface area contributed by atoms with Crippen LogP contribution in [0.3, 0.4) is 0 Å². The number of rotatable bonds is 9. The Bertz CT molecular complexity index is 514. The highest BCUT2D eigenvalue weighted by molar-refractivity contribution is 6.30. The van der Waals surface area contributed by atoms with Crippen molar-refractivity contribution in [3.63, 3.8) is 0 Å². The third-order valence-corrected chi connectivity index (χ3v) is 3.95. The van der Waals surface area contributed by atoms with Crippen LogP contribution >= 0.6 is 11.6 Å². The number of carboxylic acids is 1. The second-order valence-electron chi connectivity index (χ2n) is 5.95. The third-order valence-electron chi connectivity index (χ3n) is 3.72. The molecule has 1 amide bonds. The first-order valence-electron chi connectivity index (χ1n) is 7.60. The van der Waals surface area contributed by atoms with E-state index in [2.05, 4.69) is 5.32 Å². The van der Waals surface area contributed by atoms with Crippen molar-refractivity contribution in [3.05, 3.63) is 34.9 Å². The number of aliphatic carboxylic acids is 1. The molecule has 0 spiro atoms. The highest BCUT2D eigenvalue weighted by Gasteiger charge is 2.29. The second kappa shape index (κ2) is 8.79. The van der Waals surface area contributed by atoms with E-state index in [-0.39, 0.29) is 12.3 Å². The van der Waals surface area contributed by atoms with E-state index in [1.807, 2.05) is 32.0 Å². The Morgan fingerprint density at radius 1 is 1.18 bits per heavy atom. The Labute approximate surface area is 136 Å². The highest BCUT2D eigenvalue weighted by atomic mass is 35.5. The molecule has 0 atom stereocenters. The maximum absolute atomic E-state index is 12.3. The molecular weight excluding hydrogens is 302 g/mol. The molecular formula is C17H24ClNO3. The van der Waals surface area contributed by atoms with Crippen molar-refractivity contribution in [2.45, 2.75) is 51.4 Å². The van der Waals surface area contributed by atoms with Gasteiger partial charge in [0.15, 0.2) is 0 Å². The number of halogens is 1. The van der Waals surface area contributed by atoms with Crippen LogP contribution in [0.15, 0.2) is 24.3 Å². The van der Waals surface area contributed by atoms with Crippen molar-refractivity contribution in [2.75, 3.05) is 6.54 Å². The maximum Gasteiger partial charge on any atom is 0.303 e. The van der Waals surface area contributed by atoms with Gasteiger partial charge in [0, 0.05) is 18.0 Å². The summed E-state index contributed by atoms with van der Waals surface area (Å²) in [6.45, 7) is 4.36. The zero-order valence-electron chi connectivity index (χ0n) is 13.2. The standard InChI is InChI=1S/C17H24ClNO3/c1-17(2,13-8-7-9-14(18)12-13)16(22)19-11-6-4-3-5-10-15(20)21/h7-9,12H,3-6,10-11H2,1-2H3,(H,19,22)(H,20,21). The summed E-state index contributed by atoms with van der Waals surface area (Å²) in [5.74, 6) is -0.781. The predicted molar refractivity (Wildman–Crippen MR) is 88.2 cm³/mol. The van der Waals surface area contributed by atoms with Gasteiger partial charge in [-0.3, -0.25) is 9.59 Å². The van der Waals surface area contributed by atoms with E-state index in [4.69, 9.17) is 16.7 Å². The first kappa shape index (κ1) is 18.5. The Morgan fingerprint density at radius 2 is 1.86 bits per heavy atom. The molecule has 0 radical (unpaired) electrons. The minimum absolute atomic E-state index is 0.0275. The lowest BCUT2D eigenvalue weighted by atomic mass is 9.83. The van der Waals surface area contributed by atoms with E-state index in [0.29, 0.717) is 18.0 Å². The molecule has 0 aliphatic carbocycles. The average Bonchev–Trinajstić information content (AvgIpc) is 2.45. The summed E-state index contributed by atoms with van der Waals surface area (Å²) in [5, 5.41) is 12.1. The third kappa shape index (κ3) is 6.06. The van der Waals surface area contributed by atoms with Gasteiger partial charge in [-0.2, -0.15) is 0 Å². The molecule has 4 nitrogen and oxygen atoms in total. The van der Waals surface area contributed by atoms with Crippen LogP contribution in [0.5, 0.6) is 0 Å². The first-order valence-corrected chi connectivity index (χ1v) is 7.98. The summed E-state index contributed by atoms with van der Waals surface area (Å²) >= 11 is 5.98. The summed E-state index contributed by atoms with van der Waals surface area (Å²) in [6.07, 6.45) is 3.56. The molecule has 0 saturated carbocycles. The number of nitrogens with one attached hydrogen (secondary N) is 1. The van der Waals surface area contributed by atoms with E-state index < -0.39 is 11.4 Å². The molecule has 0 aliphatic rings. The van der Waals surface area contributed by atoms with Crippen molar-refractivity contribution < 1.29 is 14.7 Å². The van der Waals surface area contributed by atoms with Gasteiger partial charge in [-0.1, -0.05) is 36.6 Å². The molecule has 0 saturated heterocycles. The molecule has 0 unspecified atom stereocenters. The monoisotopic (exact) mass is 325 g/mol. The fraction of sp³-hybridized carbons (Fsp3) is 0.529. The van der Waals surface area contributed by atoms with Gasteiger partial charge < -0.3 is 10.4 Å². The van der Waals surface area contributed by atoms with Gasteiger partial charge in [0.25, 0.3) is 0 Å². The van der Waals surface area contributed by atoms with Gasteiger partial charge in [0.1, 0.15) is 0 Å². The summed E-state index contributed by atoms with van der Waals surface area (Å²) in [4.78, 5) is 22.7. The van der Waals surface area contributed by atoms with Crippen LogP contribution in [-0.2, 0) is 15.0 Å². The number of carbonyl (C=O) groups excluding carboxylic acids is 1. The number of amides is 1. The van der Waals surface area contributed by atoms with E-state index >= 15 is 0 Å². The Kier molecular flexibility index (Phi) is 7.39. The molecule has 0 aliphatic heterocycles. The van der Waals surface area contributed by atoms with Gasteiger partial charge in [-0.15, -0.1) is 0 Å². The lowest BCUT2D eigenvalue weighted by Gasteiger charge is -2.24. The molecule has 1 rings (SSSR count). The van der Waals surface area contributed by atoms with Crippen LogP contribution < -0.4 is 5.32 Å². The molecule has 1 aromatic rings. The Hall–Kier alpha value is -1.55. The Morgan fingerprint density at radius 3 is 2.50 bits per heavy atom. The number of benzene rings is 1. The van der Waals surface area contributed by atoms with E-state index in [9.17, 15) is 9.59 Å². The molecule has 122 valence electrons. The first-order chi connectivity index (χ1) is 10.3. The quantitative estimate of drug-likeness (QED) is 0.679. The van der Waals surface area contributed by atoms with Gasteiger partial charge in [-0.05, 0) is 44.4 Å². The van der Waals surface area contributed by atoms with Crippen LogP contribution in [-0.4, -0.2) is 23.5 Å². The number of carbonyl (C=O) groups is 2. The number of hydrogen-bond acceptors (Lipinski definition) is 2. The van der Waals surface area contributed by atoms with E-state index in [1.165, 1.54) is 0 Å². The molecule has 0 heterocycles. The number of carboxylic acid groups (broad SMARTS) is 1. The van der Waals surface area contributed by atoms with Crippen molar-refractivity contribution >= 4 is 23.5 Å². The van der Waals surface area contributed by atoms with Crippen LogP contribution in [0.2, 0.25) is 5.02 Å². The summed E-state index contributed by atoms with van der Waals surface area (Å²) < 4.78 is 0. The molecule has 0 aromatic heterocycles. The second-order valence-corrected chi connectivity index (χ2v) is 6.39. The summed E-state index contributed by atoms with van der Waals surface area (Å²) in [6, 6.07) is 7.34. The van der Waals surface area contributed by atoms with Gasteiger partial charge in [0.05, 0.1) is 5.41 Å². The summed E-state index contributed by atoms with van der Waals surface area (Å²) in [7, 11) is 0. The van der Waals surface area contributed by atoms with Crippen molar-refractivity contribution in [1.29, 1.82) is 0 Å². The molecule has 5 heteroatoms. The normalized spacial score (nSPS) is 11.2. The van der Waals surface area contributed by atoms with E-state index in [0.717, 1.165) is 24.8 Å². The van der Waals surface area contributed by atoms with Crippen molar-refractivity contribution in [2.24, 2.45) is 0 Å². The summed E-state index contributed by atoms with van der Waals surface area (Å²) in [5.41, 5.74) is 0.257. The van der Waals surface area contributed by atoms with Crippen LogP contribution in [0.4, 0.5) is 0 Å². The molecule has 22 heavy (non-hydrogen) atoms. The average molecular weight is 326 g/mol. The fourth-order valence-electron chi connectivity index (χ4n) is 2.19. The topological polar surface area (TPSA) is 66.4 Å². The number of hydrogen-bond donors (Lipinski definition) is 2. The van der Waals surface area contributed by atoms with Gasteiger partial charge in [0.2, 0.25) is 5.91 Å². The van der Waals surface area contributed by atoms with Crippen molar-refractivity contribution in [3.8, 4) is 0 Å². The fourth-order valence-corrected chi connectivity index (χ4v) is 2.38. The Balaban J connectivity index is 2.34. The number of unbranched alkanes of at least 4 members (excludes halogenated alkanes) is 3. The SMILES string of the molecule is CC(C)(C(=O)NCCCCCCC(=O)O)c1cccc(Cl)c1. The van der Waals surface area contributed by atoms with Crippen molar-refractivity contribution in [1.82, 2.24) is 5.32 Å². The minimum atomic E-state index is -0.753. The lowest BCUT2D eigenvalue weighted by molar-refractivity contribution is -0.137. The van der Waals surface area contributed by atoms with Crippen LogP contribution in [0, 0.1) is 0 Å². The predicted octanol–water partition coefficient (Wildman–Crippen LogP) is 3.77. The van der Waals surface area contributed by atoms with Gasteiger partial charge >= 0.3 is 5.97 Å². The zero-order valence-corrected chi connectivity index (χ0v) is 13.9. The van der Waals surface area contributed by atoms with Crippen LogP contribution in [0.1, 0.15) is 51.5 Å². The lowest BCUT2D eigenvalue weighted by Crippen LogP contribution is -2.40. The molecule has 1 aromatic carbocycles. The molecule has 0 fully saturated rings. The van der Waals surface area contributed by atoms with Crippen LogP contribution in [0.25, 0.3) is 0 Å².